The molecule has 4 heterocycles. The molecule has 0 bridgehead atoms. The van der Waals surface area contributed by atoms with Gasteiger partial charge in [0.05, 0.1) is 23.8 Å². The summed E-state index contributed by atoms with van der Waals surface area (Å²) < 4.78 is 8.27. The number of aromatic nitrogens is 2. The van der Waals surface area contributed by atoms with Gasteiger partial charge in [-0.25, -0.2) is 9.44 Å². The van der Waals surface area contributed by atoms with Crippen LogP contribution in [0.25, 0.3) is 33.0 Å². The number of imide groups is 1. The van der Waals surface area contributed by atoms with Crippen LogP contribution < -0.4 is 14.7 Å². The smallest absolute Gasteiger partial charge is 0.356 e. The minimum Gasteiger partial charge on any atom is -0.614 e. The van der Waals surface area contributed by atoms with E-state index in [1.54, 1.807) is 38.3 Å². The number of methoxy groups -OCH3 is 1. The summed E-state index contributed by atoms with van der Waals surface area (Å²) in [6.45, 7) is 2.11. The number of allylic oxidation sites excluding steroid dienone is 4. The molecule has 0 spiro atoms. The van der Waals surface area contributed by atoms with Gasteiger partial charge in [0.1, 0.15) is 17.1 Å². The fraction of sp³-hybridized carbons (Fsp3) is 0.132. The van der Waals surface area contributed by atoms with Gasteiger partial charge in [-0.05, 0) is 42.3 Å². The molecular weight excluding hydrogens is 592 g/mol. The zero-order chi connectivity index (χ0) is 32.6. The first kappa shape index (κ1) is 28.7. The molecular formula is C38H30N4O5. The number of carbonyl (C=O) groups excluding carboxylic acids is 3. The molecule has 5 aromatic rings. The molecule has 1 N–H and O–H groups in total. The maximum Gasteiger partial charge on any atom is 0.356 e. The maximum absolute atomic E-state index is 14.3. The van der Waals surface area contributed by atoms with Crippen LogP contribution in [0.4, 0.5) is 5.69 Å². The number of nitrogens with one attached hydrogen (secondary N) is 1. The van der Waals surface area contributed by atoms with E-state index < -0.39 is 22.4 Å². The zero-order valence-electron chi connectivity index (χ0n) is 26.0. The van der Waals surface area contributed by atoms with Gasteiger partial charge in [0, 0.05) is 83.5 Å². The molecule has 47 heavy (non-hydrogen) atoms. The Kier molecular flexibility index (Phi) is 6.34. The predicted octanol–water partition coefficient (Wildman–Crippen LogP) is 6.26. The van der Waals surface area contributed by atoms with Gasteiger partial charge in [0.2, 0.25) is 0 Å². The Hall–Kier alpha value is -5.77. The SMILES string of the molecule is COc1ccc2c(c1)c(C1=C(c3cn(Cc4cccc([N+]5([O-])C(=O)C6=CC=CCC6=C5C)c4)c4ccccc34)C(=O)NC1=O)cn2C. The molecule has 232 valence electrons. The van der Waals surface area contributed by atoms with Crippen molar-refractivity contribution in [2.75, 3.05) is 7.11 Å². The zero-order valence-corrected chi connectivity index (χ0v) is 26.0. The number of nitrogens with zero attached hydrogens (tertiary/aromatic N) is 3. The molecule has 2 aromatic heterocycles. The maximum atomic E-state index is 14.3. The standard InChI is InChI=1S/C38H30N4O5/c1-22-26-11-4-5-13-28(26)38(45)42(22,46)24-10-8-9-23(17-24)19-41-21-31(27-12-6-7-14-33(27)41)35-34(36(43)39-37(35)44)30-20-40(2)32-16-15-25(47-3)18-29(30)32/h4-10,12-18,20-21H,11,19H2,1-3H3,(H,39,43,44). The lowest BCUT2D eigenvalue weighted by molar-refractivity contribution is -0.123. The fourth-order valence-corrected chi connectivity index (χ4v) is 7.22. The van der Waals surface area contributed by atoms with Crippen LogP contribution >= 0.6 is 0 Å². The third-order valence-electron chi connectivity index (χ3n) is 9.55. The van der Waals surface area contributed by atoms with Gasteiger partial charge in [-0.3, -0.25) is 14.9 Å². The van der Waals surface area contributed by atoms with E-state index in [9.17, 15) is 19.6 Å². The van der Waals surface area contributed by atoms with Gasteiger partial charge in [-0.2, -0.15) is 0 Å². The van der Waals surface area contributed by atoms with Crippen molar-refractivity contribution in [1.29, 1.82) is 0 Å². The van der Waals surface area contributed by atoms with Crippen LogP contribution in [0.15, 0.2) is 114 Å². The second kappa shape index (κ2) is 10.4. The van der Waals surface area contributed by atoms with Gasteiger partial charge < -0.3 is 19.1 Å². The Morgan fingerprint density at radius 1 is 0.894 bits per heavy atom. The molecule has 0 radical (unpaired) electrons. The van der Waals surface area contributed by atoms with E-state index in [0.29, 0.717) is 57.9 Å². The number of hydrogen-bond acceptors (Lipinski definition) is 5. The number of benzene rings is 3. The molecule has 0 saturated heterocycles. The number of quaternary nitrogens is 1. The number of ether oxygens (including phenoxy) is 1. The van der Waals surface area contributed by atoms with Crippen LogP contribution in [0.1, 0.15) is 30.0 Å². The lowest BCUT2D eigenvalue weighted by atomic mass is 9.95. The minimum absolute atomic E-state index is 0.299. The molecule has 2 aliphatic heterocycles. The van der Waals surface area contributed by atoms with Crippen LogP contribution in [0.2, 0.25) is 0 Å². The van der Waals surface area contributed by atoms with Crippen molar-refractivity contribution in [2.24, 2.45) is 7.05 Å². The first-order valence-corrected chi connectivity index (χ1v) is 15.3. The molecule has 3 aromatic carbocycles. The second-order valence-corrected chi connectivity index (χ2v) is 12.1. The predicted molar refractivity (Wildman–Crippen MR) is 182 cm³/mol. The number of hydrogen-bond donors (Lipinski definition) is 1. The average molecular weight is 623 g/mol. The van der Waals surface area contributed by atoms with Crippen molar-refractivity contribution < 1.29 is 19.1 Å². The molecule has 9 nitrogen and oxygen atoms in total. The normalized spacial score (nSPS) is 19.3. The van der Waals surface area contributed by atoms with Crippen molar-refractivity contribution >= 4 is 56.4 Å². The summed E-state index contributed by atoms with van der Waals surface area (Å²) in [6, 6.07) is 20.6. The molecule has 1 atom stereocenters. The first-order valence-electron chi connectivity index (χ1n) is 15.3. The lowest BCUT2D eigenvalue weighted by Crippen LogP contribution is -2.43. The topological polar surface area (TPSA) is 105 Å². The Balaban J connectivity index is 1.25. The van der Waals surface area contributed by atoms with Crippen LogP contribution in [0.3, 0.4) is 0 Å². The summed E-state index contributed by atoms with van der Waals surface area (Å²) in [5, 5.41) is 18.4. The van der Waals surface area contributed by atoms with Crippen molar-refractivity contribution in [3.63, 3.8) is 0 Å². The van der Waals surface area contributed by atoms with Crippen LogP contribution in [0, 0.1) is 5.21 Å². The van der Waals surface area contributed by atoms with E-state index in [2.05, 4.69) is 5.32 Å². The number of carbonyl (C=O) groups is 3. The molecule has 8 rings (SSSR count). The second-order valence-electron chi connectivity index (χ2n) is 12.1. The molecule has 1 unspecified atom stereocenters. The molecule has 9 heteroatoms. The van der Waals surface area contributed by atoms with E-state index in [4.69, 9.17) is 4.74 Å². The molecule has 3 aliphatic rings. The first-order chi connectivity index (χ1) is 22.7. The molecule has 3 amide bonds. The highest BCUT2D eigenvalue weighted by Gasteiger charge is 2.45. The summed E-state index contributed by atoms with van der Waals surface area (Å²) in [6.07, 6.45) is 9.80. The summed E-state index contributed by atoms with van der Waals surface area (Å²) >= 11 is 0. The minimum atomic E-state index is -1.14. The quantitative estimate of drug-likeness (QED) is 0.137. The highest BCUT2D eigenvalue weighted by Crippen LogP contribution is 2.43. The highest BCUT2D eigenvalue weighted by atomic mass is 16.6. The van der Waals surface area contributed by atoms with Gasteiger partial charge in [0.15, 0.2) is 0 Å². The number of rotatable bonds is 6. The van der Waals surface area contributed by atoms with Gasteiger partial charge in [-0.1, -0.05) is 42.5 Å². The fourth-order valence-electron chi connectivity index (χ4n) is 7.22. The number of aryl methyl sites for hydroxylation is 1. The molecule has 0 fully saturated rings. The Morgan fingerprint density at radius 3 is 2.43 bits per heavy atom. The summed E-state index contributed by atoms with van der Waals surface area (Å²) in [7, 11) is 3.49. The van der Waals surface area contributed by atoms with Crippen LogP contribution in [0.5, 0.6) is 5.75 Å². The van der Waals surface area contributed by atoms with E-state index in [-0.39, 0.29) is 0 Å². The molecule has 0 saturated carbocycles. The number of fused-ring (bicyclic) bond motifs is 3. The number of hydroxylamine groups is 2. The summed E-state index contributed by atoms with van der Waals surface area (Å²) in [5.74, 6) is -0.754. The van der Waals surface area contributed by atoms with Gasteiger partial charge in [-0.15, -0.1) is 0 Å². The third kappa shape index (κ3) is 4.14. The lowest BCUT2D eigenvalue weighted by Gasteiger charge is -2.36. The van der Waals surface area contributed by atoms with Crippen molar-refractivity contribution in [1.82, 2.24) is 19.1 Å². The van der Waals surface area contributed by atoms with Gasteiger partial charge in [0.25, 0.3) is 11.8 Å². The van der Waals surface area contributed by atoms with Crippen LogP contribution in [-0.2, 0) is 28.0 Å². The van der Waals surface area contributed by atoms with E-state index in [1.807, 2.05) is 89.3 Å². The Bertz CT molecular complexity index is 2370. The van der Waals surface area contributed by atoms with Crippen molar-refractivity contribution in [3.05, 3.63) is 136 Å². The largest absolute Gasteiger partial charge is 0.614 e. The highest BCUT2D eigenvalue weighted by molar-refractivity contribution is 6.50. The summed E-state index contributed by atoms with van der Waals surface area (Å²) in [4.78, 5) is 40.4. The molecule has 1 aliphatic carbocycles. The van der Waals surface area contributed by atoms with E-state index >= 15 is 0 Å². The third-order valence-corrected chi connectivity index (χ3v) is 9.55. The number of para-hydroxylation sites is 1. The van der Waals surface area contributed by atoms with Crippen LogP contribution in [-0.4, -0.2) is 34.0 Å². The monoisotopic (exact) mass is 622 g/mol. The Morgan fingerprint density at radius 2 is 1.66 bits per heavy atom. The Labute approximate surface area is 270 Å². The summed E-state index contributed by atoms with van der Waals surface area (Å²) in [5.41, 5.74) is 6.54. The average Bonchev–Trinajstić information content (AvgIpc) is 3.76. The van der Waals surface area contributed by atoms with E-state index in [0.717, 1.165) is 32.9 Å². The number of amides is 3. The van der Waals surface area contributed by atoms with Crippen molar-refractivity contribution in [2.45, 2.75) is 19.9 Å². The van der Waals surface area contributed by atoms with Crippen molar-refractivity contribution in [3.8, 4) is 5.75 Å². The van der Waals surface area contributed by atoms with Gasteiger partial charge >= 0.3 is 5.91 Å². The van der Waals surface area contributed by atoms with E-state index in [1.165, 1.54) is 0 Å².